The number of carbonyl (C=O) groups excluding carboxylic acids is 1. The highest BCUT2D eigenvalue weighted by molar-refractivity contribution is 5.97. The van der Waals surface area contributed by atoms with E-state index in [0.29, 0.717) is 5.70 Å². The Morgan fingerprint density at radius 3 is 2.59 bits per heavy atom. The van der Waals surface area contributed by atoms with E-state index < -0.39 is 0 Å². The van der Waals surface area contributed by atoms with Crippen molar-refractivity contribution in [1.29, 1.82) is 0 Å². The average Bonchev–Trinajstić information content (AvgIpc) is 2.75. The van der Waals surface area contributed by atoms with Crippen LogP contribution in [0.2, 0.25) is 0 Å². The summed E-state index contributed by atoms with van der Waals surface area (Å²) >= 11 is 0. The second-order valence-corrected chi connectivity index (χ2v) is 7.49. The van der Waals surface area contributed by atoms with Crippen LogP contribution in [0.1, 0.15) is 47.7 Å². The number of likely N-dealkylation sites (tertiary alicyclic amines) is 1. The highest BCUT2D eigenvalue weighted by Gasteiger charge is 2.20. The second-order valence-electron chi connectivity index (χ2n) is 7.49. The third-order valence-electron chi connectivity index (χ3n) is 5.16. The lowest BCUT2D eigenvalue weighted by molar-refractivity contribution is 0.0723. The molecule has 3 N–H and O–H groups in total. The SMILES string of the molecule is Cc1ccc(/C(N)=C/C=N\C(C)Nc2ccccc2)cc1C(=O)N1CCCCC1. The van der Waals surface area contributed by atoms with Gasteiger partial charge in [0.1, 0.15) is 6.17 Å². The molecule has 1 saturated heterocycles. The Morgan fingerprint density at radius 2 is 1.86 bits per heavy atom. The molecule has 1 atom stereocenters. The van der Waals surface area contributed by atoms with E-state index in [1.807, 2.05) is 67.3 Å². The lowest BCUT2D eigenvalue weighted by Gasteiger charge is -2.27. The van der Waals surface area contributed by atoms with Crippen LogP contribution < -0.4 is 11.1 Å². The van der Waals surface area contributed by atoms with Crippen LogP contribution in [0.5, 0.6) is 0 Å². The third-order valence-corrected chi connectivity index (χ3v) is 5.16. The van der Waals surface area contributed by atoms with Gasteiger partial charge in [-0.3, -0.25) is 9.79 Å². The van der Waals surface area contributed by atoms with Crippen molar-refractivity contribution in [3.63, 3.8) is 0 Å². The van der Waals surface area contributed by atoms with Crippen molar-refractivity contribution in [1.82, 2.24) is 4.90 Å². The molecule has 5 nitrogen and oxygen atoms in total. The van der Waals surface area contributed by atoms with Crippen LogP contribution in [-0.2, 0) is 0 Å². The number of nitrogens with zero attached hydrogens (tertiary/aromatic N) is 2. The number of piperidine rings is 1. The van der Waals surface area contributed by atoms with Crippen molar-refractivity contribution in [3.05, 3.63) is 71.3 Å². The van der Waals surface area contributed by atoms with E-state index in [2.05, 4.69) is 10.3 Å². The molecule has 0 aliphatic carbocycles. The van der Waals surface area contributed by atoms with Crippen LogP contribution in [0.15, 0.2) is 59.6 Å². The predicted molar refractivity (Wildman–Crippen MR) is 121 cm³/mol. The summed E-state index contributed by atoms with van der Waals surface area (Å²) in [7, 11) is 0. The number of anilines is 1. The third kappa shape index (κ3) is 5.70. The number of amides is 1. The molecule has 2 aromatic rings. The van der Waals surface area contributed by atoms with Gasteiger partial charge in [-0.25, -0.2) is 0 Å². The molecule has 0 bridgehead atoms. The average molecular weight is 391 g/mol. The van der Waals surface area contributed by atoms with Gasteiger partial charge in [0, 0.05) is 36.3 Å². The maximum atomic E-state index is 12.9. The van der Waals surface area contributed by atoms with E-state index in [4.69, 9.17) is 5.73 Å². The summed E-state index contributed by atoms with van der Waals surface area (Å²) in [6.07, 6.45) is 6.78. The van der Waals surface area contributed by atoms with E-state index >= 15 is 0 Å². The van der Waals surface area contributed by atoms with Crippen molar-refractivity contribution >= 4 is 23.5 Å². The normalized spacial score (nSPS) is 16.1. The molecule has 3 rings (SSSR count). The Hall–Kier alpha value is -3.08. The van der Waals surface area contributed by atoms with Gasteiger partial charge in [-0.1, -0.05) is 30.3 Å². The number of nitrogens with two attached hydrogens (primary N) is 1. The van der Waals surface area contributed by atoms with Crippen molar-refractivity contribution in [2.45, 2.75) is 39.3 Å². The minimum atomic E-state index is -0.0734. The predicted octanol–water partition coefficient (Wildman–Crippen LogP) is 4.45. The topological polar surface area (TPSA) is 70.7 Å². The van der Waals surface area contributed by atoms with Crippen molar-refractivity contribution < 1.29 is 4.79 Å². The van der Waals surface area contributed by atoms with Gasteiger partial charge in [0.25, 0.3) is 5.91 Å². The Morgan fingerprint density at radius 1 is 1.14 bits per heavy atom. The minimum Gasteiger partial charge on any atom is -0.398 e. The molecule has 1 fully saturated rings. The van der Waals surface area contributed by atoms with Crippen LogP contribution in [0.4, 0.5) is 5.69 Å². The molecule has 2 aromatic carbocycles. The standard InChI is InChI=1S/C24H30N4O/c1-18-11-12-20(17-22(18)24(29)28-15-7-4-8-16-28)23(25)13-14-26-19(2)27-21-9-5-3-6-10-21/h3,5-6,9-14,17,19,27H,4,7-8,15-16,25H2,1-2H3/b23-13-,26-14-. The smallest absolute Gasteiger partial charge is 0.254 e. The molecular formula is C24H30N4O. The van der Waals surface area contributed by atoms with Gasteiger partial charge >= 0.3 is 0 Å². The first-order valence-corrected chi connectivity index (χ1v) is 10.3. The van der Waals surface area contributed by atoms with Gasteiger partial charge < -0.3 is 16.0 Å². The van der Waals surface area contributed by atoms with E-state index in [9.17, 15) is 4.79 Å². The number of aliphatic imine (C=N–C) groups is 1. The van der Waals surface area contributed by atoms with E-state index in [1.54, 1.807) is 12.3 Å². The van der Waals surface area contributed by atoms with Gasteiger partial charge in [0.15, 0.2) is 0 Å². The summed E-state index contributed by atoms with van der Waals surface area (Å²) in [4.78, 5) is 19.3. The number of nitrogens with one attached hydrogen (secondary N) is 1. The van der Waals surface area contributed by atoms with Crippen molar-refractivity contribution in [2.24, 2.45) is 10.7 Å². The van der Waals surface area contributed by atoms with Gasteiger partial charge in [-0.2, -0.15) is 0 Å². The number of hydrogen-bond acceptors (Lipinski definition) is 4. The Bertz CT molecular complexity index is 883. The number of allylic oxidation sites excluding steroid dienone is 1. The number of rotatable bonds is 6. The molecule has 1 heterocycles. The first kappa shape index (κ1) is 20.6. The van der Waals surface area contributed by atoms with Gasteiger partial charge in [-0.15, -0.1) is 0 Å². The second kappa shape index (κ2) is 9.92. The molecule has 0 aromatic heterocycles. The fraction of sp³-hybridized carbons (Fsp3) is 0.333. The maximum absolute atomic E-state index is 12.9. The molecule has 1 unspecified atom stereocenters. The molecule has 1 aliphatic rings. The van der Waals surface area contributed by atoms with E-state index in [1.165, 1.54) is 6.42 Å². The van der Waals surface area contributed by atoms with Crippen LogP contribution in [-0.4, -0.2) is 36.3 Å². The van der Waals surface area contributed by atoms with Gasteiger partial charge in [-0.05, 0) is 68.5 Å². The zero-order valence-corrected chi connectivity index (χ0v) is 17.3. The van der Waals surface area contributed by atoms with Crippen molar-refractivity contribution in [3.8, 4) is 0 Å². The summed E-state index contributed by atoms with van der Waals surface area (Å²) in [6.45, 7) is 5.63. The Kier molecular flexibility index (Phi) is 7.06. The summed E-state index contributed by atoms with van der Waals surface area (Å²) in [5, 5.41) is 3.31. The zero-order chi connectivity index (χ0) is 20.6. The molecule has 0 saturated carbocycles. The molecule has 1 aliphatic heterocycles. The summed E-state index contributed by atoms with van der Waals surface area (Å²) in [6, 6.07) is 15.8. The lowest BCUT2D eigenvalue weighted by Crippen LogP contribution is -2.36. The van der Waals surface area contributed by atoms with Gasteiger partial charge in [0.05, 0.1) is 0 Å². The van der Waals surface area contributed by atoms with E-state index in [-0.39, 0.29) is 12.1 Å². The fourth-order valence-electron chi connectivity index (χ4n) is 3.46. The van der Waals surface area contributed by atoms with E-state index in [0.717, 1.165) is 48.3 Å². The zero-order valence-electron chi connectivity index (χ0n) is 17.3. The van der Waals surface area contributed by atoms with Gasteiger partial charge in [0.2, 0.25) is 0 Å². The lowest BCUT2D eigenvalue weighted by atomic mass is 10.0. The number of carbonyl (C=O) groups is 1. The maximum Gasteiger partial charge on any atom is 0.254 e. The molecule has 1 amide bonds. The van der Waals surface area contributed by atoms with Crippen LogP contribution in [0, 0.1) is 6.92 Å². The van der Waals surface area contributed by atoms with Crippen LogP contribution in [0.25, 0.3) is 5.70 Å². The Balaban J connectivity index is 1.68. The van der Waals surface area contributed by atoms with Crippen LogP contribution in [0.3, 0.4) is 0 Å². The first-order chi connectivity index (χ1) is 14.0. The molecular weight excluding hydrogens is 360 g/mol. The summed E-state index contributed by atoms with van der Waals surface area (Å²) in [5.41, 5.74) is 10.4. The highest BCUT2D eigenvalue weighted by Crippen LogP contribution is 2.19. The van der Waals surface area contributed by atoms with Crippen molar-refractivity contribution in [2.75, 3.05) is 18.4 Å². The minimum absolute atomic E-state index is 0.0734. The quantitative estimate of drug-likeness (QED) is 0.716. The molecule has 152 valence electrons. The fourth-order valence-corrected chi connectivity index (χ4v) is 3.46. The molecule has 29 heavy (non-hydrogen) atoms. The number of hydrogen-bond donors (Lipinski definition) is 2. The summed E-state index contributed by atoms with van der Waals surface area (Å²) < 4.78 is 0. The van der Waals surface area contributed by atoms with Crippen LogP contribution >= 0.6 is 0 Å². The largest absolute Gasteiger partial charge is 0.398 e. The Labute approximate surface area is 173 Å². The molecule has 0 spiro atoms. The number of para-hydroxylation sites is 1. The molecule has 5 heteroatoms. The monoisotopic (exact) mass is 390 g/mol. The number of benzene rings is 2. The molecule has 0 radical (unpaired) electrons. The summed E-state index contributed by atoms with van der Waals surface area (Å²) in [5.74, 6) is 0.103. The highest BCUT2D eigenvalue weighted by atomic mass is 16.2. The first-order valence-electron chi connectivity index (χ1n) is 10.3. The number of aryl methyl sites for hydroxylation is 1.